The highest BCUT2D eigenvalue weighted by Gasteiger charge is 2.47. The van der Waals surface area contributed by atoms with Crippen molar-refractivity contribution in [1.82, 2.24) is 10.2 Å². The number of amides is 3. The lowest BCUT2D eigenvalue weighted by molar-refractivity contribution is -0.140. The molecule has 1 aromatic carbocycles. The molecular formula is C19H23ClN2O3. The van der Waals surface area contributed by atoms with Crippen LogP contribution in [0, 0.1) is 11.8 Å². The van der Waals surface area contributed by atoms with E-state index < -0.39 is 0 Å². The van der Waals surface area contributed by atoms with Crippen molar-refractivity contribution in [3.05, 3.63) is 34.9 Å². The Hall–Kier alpha value is -1.88. The van der Waals surface area contributed by atoms with Crippen LogP contribution in [0.5, 0.6) is 0 Å². The van der Waals surface area contributed by atoms with Crippen molar-refractivity contribution in [2.24, 2.45) is 11.8 Å². The number of hydrogen-bond acceptors (Lipinski definition) is 3. The van der Waals surface area contributed by atoms with Crippen LogP contribution in [0.15, 0.2) is 24.3 Å². The number of likely N-dealkylation sites (tertiary alicyclic amines) is 1. The quantitative estimate of drug-likeness (QED) is 0.818. The summed E-state index contributed by atoms with van der Waals surface area (Å²) in [5.74, 6) is -0.705. The number of rotatable bonds is 5. The number of hydrogen-bond donors (Lipinski definition) is 1. The molecule has 3 atom stereocenters. The normalized spacial score (nSPS) is 24.2. The Morgan fingerprint density at radius 1 is 1.20 bits per heavy atom. The van der Waals surface area contributed by atoms with Crippen molar-refractivity contribution in [3.63, 3.8) is 0 Å². The molecule has 3 amide bonds. The van der Waals surface area contributed by atoms with Gasteiger partial charge in [0, 0.05) is 18.0 Å². The van der Waals surface area contributed by atoms with Crippen LogP contribution in [0.2, 0.25) is 5.02 Å². The monoisotopic (exact) mass is 362 g/mol. The maximum Gasteiger partial charge on any atom is 0.233 e. The molecular weight excluding hydrogens is 340 g/mol. The molecule has 1 aromatic rings. The second-order valence-corrected chi connectivity index (χ2v) is 7.29. The zero-order valence-electron chi connectivity index (χ0n) is 14.3. The number of carbonyl (C=O) groups excluding carboxylic acids is 3. The third-order valence-electron chi connectivity index (χ3n) is 5.24. The summed E-state index contributed by atoms with van der Waals surface area (Å²) in [7, 11) is 0. The van der Waals surface area contributed by atoms with Crippen LogP contribution >= 0.6 is 11.6 Å². The van der Waals surface area contributed by atoms with Crippen molar-refractivity contribution in [2.75, 3.05) is 6.54 Å². The molecule has 5 nitrogen and oxygen atoms in total. The lowest BCUT2D eigenvalue weighted by Crippen LogP contribution is -2.36. The first-order valence-electron chi connectivity index (χ1n) is 8.88. The topological polar surface area (TPSA) is 66.5 Å². The fraction of sp³-hybridized carbons (Fsp3) is 0.526. The number of nitrogens with zero attached hydrogens (tertiary/aromatic N) is 1. The van der Waals surface area contributed by atoms with Gasteiger partial charge >= 0.3 is 0 Å². The lowest BCUT2D eigenvalue weighted by atomic mass is 9.81. The molecule has 0 spiro atoms. The summed E-state index contributed by atoms with van der Waals surface area (Å²) < 4.78 is 0. The van der Waals surface area contributed by atoms with Gasteiger partial charge in [0.05, 0.1) is 17.9 Å². The highest BCUT2D eigenvalue weighted by Crippen LogP contribution is 2.38. The average Bonchev–Trinajstić information content (AvgIpc) is 2.85. The maximum atomic E-state index is 12.4. The van der Waals surface area contributed by atoms with Crippen LogP contribution < -0.4 is 5.32 Å². The Labute approximate surface area is 152 Å². The van der Waals surface area contributed by atoms with Crippen molar-refractivity contribution < 1.29 is 14.4 Å². The smallest absolute Gasteiger partial charge is 0.233 e. The number of fused-ring (bicyclic) bond motifs is 1. The number of halogens is 1. The summed E-state index contributed by atoms with van der Waals surface area (Å²) in [5.41, 5.74) is 0.844. The van der Waals surface area contributed by atoms with E-state index in [1.54, 1.807) is 6.07 Å². The minimum atomic E-state index is -0.228. The second-order valence-electron chi connectivity index (χ2n) is 6.89. The van der Waals surface area contributed by atoms with Gasteiger partial charge in [0.25, 0.3) is 0 Å². The molecule has 1 aliphatic heterocycles. The number of benzene rings is 1. The van der Waals surface area contributed by atoms with Gasteiger partial charge in [0.15, 0.2) is 0 Å². The van der Waals surface area contributed by atoms with E-state index in [1.807, 2.05) is 25.1 Å². The lowest BCUT2D eigenvalue weighted by Gasteiger charge is -2.19. The van der Waals surface area contributed by atoms with Gasteiger partial charge in [-0.25, -0.2) is 0 Å². The van der Waals surface area contributed by atoms with Gasteiger partial charge in [-0.1, -0.05) is 42.6 Å². The fourth-order valence-corrected chi connectivity index (χ4v) is 4.18. The Bertz CT molecular complexity index is 667. The molecule has 3 rings (SSSR count). The Morgan fingerprint density at radius 2 is 1.80 bits per heavy atom. The zero-order chi connectivity index (χ0) is 18.0. The van der Waals surface area contributed by atoms with Crippen molar-refractivity contribution in [2.45, 2.75) is 45.1 Å². The highest BCUT2D eigenvalue weighted by molar-refractivity contribution is 6.31. The van der Waals surface area contributed by atoms with E-state index in [4.69, 9.17) is 11.6 Å². The van der Waals surface area contributed by atoms with E-state index in [-0.39, 0.29) is 48.6 Å². The van der Waals surface area contributed by atoms with E-state index in [2.05, 4.69) is 5.32 Å². The molecule has 1 heterocycles. The van der Waals surface area contributed by atoms with Crippen molar-refractivity contribution in [1.29, 1.82) is 0 Å². The van der Waals surface area contributed by atoms with Gasteiger partial charge in [-0.05, 0) is 31.4 Å². The van der Waals surface area contributed by atoms with Gasteiger partial charge < -0.3 is 5.32 Å². The second kappa shape index (κ2) is 7.56. The molecule has 0 radical (unpaired) electrons. The van der Waals surface area contributed by atoms with Gasteiger partial charge in [-0.3, -0.25) is 19.3 Å². The van der Waals surface area contributed by atoms with Gasteiger partial charge in [-0.2, -0.15) is 0 Å². The average molecular weight is 363 g/mol. The first kappa shape index (κ1) is 17.9. The summed E-state index contributed by atoms with van der Waals surface area (Å²) in [6.45, 7) is 2.02. The van der Waals surface area contributed by atoms with Crippen LogP contribution in [0.1, 0.15) is 50.6 Å². The van der Waals surface area contributed by atoms with Crippen LogP contribution in [0.3, 0.4) is 0 Å². The Morgan fingerprint density at radius 3 is 2.40 bits per heavy atom. The predicted molar refractivity (Wildman–Crippen MR) is 94.8 cm³/mol. The number of nitrogens with one attached hydrogen (secondary N) is 1. The van der Waals surface area contributed by atoms with Crippen LogP contribution in [0.25, 0.3) is 0 Å². The third-order valence-corrected chi connectivity index (χ3v) is 5.59. The van der Waals surface area contributed by atoms with Gasteiger partial charge in [0.2, 0.25) is 17.7 Å². The van der Waals surface area contributed by atoms with E-state index in [0.717, 1.165) is 31.2 Å². The molecule has 2 aliphatic rings. The van der Waals surface area contributed by atoms with Crippen molar-refractivity contribution in [3.8, 4) is 0 Å². The number of carbonyl (C=O) groups is 3. The largest absolute Gasteiger partial charge is 0.349 e. The zero-order valence-corrected chi connectivity index (χ0v) is 15.1. The highest BCUT2D eigenvalue weighted by atomic mass is 35.5. The summed E-state index contributed by atoms with van der Waals surface area (Å²) in [5, 5.41) is 3.48. The van der Waals surface area contributed by atoms with E-state index >= 15 is 0 Å². The number of imide groups is 1. The van der Waals surface area contributed by atoms with E-state index in [0.29, 0.717) is 5.02 Å². The maximum absolute atomic E-state index is 12.4. The molecule has 0 unspecified atom stereocenters. The van der Waals surface area contributed by atoms with E-state index in [1.165, 1.54) is 4.90 Å². The first-order valence-corrected chi connectivity index (χ1v) is 9.26. The summed E-state index contributed by atoms with van der Waals surface area (Å²) in [6, 6.07) is 7.13. The molecule has 2 fully saturated rings. The summed E-state index contributed by atoms with van der Waals surface area (Å²) in [4.78, 5) is 38.3. The minimum absolute atomic E-state index is 0.0957. The third kappa shape index (κ3) is 3.71. The Kier molecular flexibility index (Phi) is 5.42. The molecule has 1 saturated heterocycles. The van der Waals surface area contributed by atoms with Crippen LogP contribution in [0.4, 0.5) is 0 Å². The molecule has 25 heavy (non-hydrogen) atoms. The Balaban J connectivity index is 1.55. The standard InChI is InChI=1S/C19H23ClN2O3/c1-12(13-6-4-5-9-16(13)20)21-17(23)10-11-22-18(24)14-7-2-3-8-15(14)19(22)25/h4-6,9,12,14-15H,2-3,7-8,10-11H2,1H3,(H,21,23)/t12-,14-,15-/m0/s1. The predicted octanol–water partition coefficient (Wildman–Crippen LogP) is 3.08. The van der Waals surface area contributed by atoms with Gasteiger partial charge in [-0.15, -0.1) is 0 Å². The molecule has 6 heteroatoms. The van der Waals surface area contributed by atoms with E-state index in [9.17, 15) is 14.4 Å². The fourth-order valence-electron chi connectivity index (χ4n) is 3.88. The van der Waals surface area contributed by atoms with Gasteiger partial charge in [0.1, 0.15) is 0 Å². The minimum Gasteiger partial charge on any atom is -0.349 e. The van der Waals surface area contributed by atoms with Crippen molar-refractivity contribution >= 4 is 29.3 Å². The molecule has 1 aliphatic carbocycles. The van der Waals surface area contributed by atoms with Crippen LogP contribution in [-0.2, 0) is 14.4 Å². The SMILES string of the molecule is C[C@H](NC(=O)CCN1C(=O)[C@H]2CCCC[C@@H]2C1=O)c1ccccc1Cl. The summed E-state index contributed by atoms with van der Waals surface area (Å²) in [6.07, 6.45) is 3.71. The van der Waals surface area contributed by atoms with Crippen LogP contribution in [-0.4, -0.2) is 29.2 Å². The molecule has 0 bridgehead atoms. The molecule has 1 saturated carbocycles. The molecule has 1 N–H and O–H groups in total. The summed E-state index contributed by atoms with van der Waals surface area (Å²) >= 11 is 6.14. The first-order chi connectivity index (χ1) is 12.0. The molecule has 134 valence electrons. The molecule has 0 aromatic heterocycles.